The lowest BCUT2D eigenvalue weighted by Crippen LogP contribution is -2.72. The van der Waals surface area contributed by atoms with Crippen LogP contribution >= 0.6 is 0 Å². The summed E-state index contributed by atoms with van der Waals surface area (Å²) in [6.07, 6.45) is -83.4. The summed E-state index contributed by atoms with van der Waals surface area (Å²) in [6, 6.07) is 0. The first-order valence-electron chi connectivity index (χ1n) is 46.4. The monoisotopic (exact) mass is 1960 g/mol. The van der Waals surface area contributed by atoms with Gasteiger partial charge in [0.15, 0.2) is 56.6 Å². The largest absolute Gasteiger partial charge is 0.394 e. The van der Waals surface area contributed by atoms with Crippen LogP contribution in [0.5, 0.6) is 0 Å². The van der Waals surface area contributed by atoms with Crippen LogP contribution in [0.2, 0.25) is 0 Å². The fourth-order valence-corrected chi connectivity index (χ4v) is 24.3. The highest BCUT2D eigenvalue weighted by Gasteiger charge is 2.78. The van der Waals surface area contributed by atoms with Crippen molar-refractivity contribution in [1.82, 2.24) is 0 Å². The number of rotatable bonds is 32. The predicted molar refractivity (Wildman–Crippen MR) is 440 cm³/mol. The van der Waals surface area contributed by atoms with Crippen molar-refractivity contribution >= 4 is 0 Å². The fourth-order valence-electron chi connectivity index (χ4n) is 24.3. The van der Waals surface area contributed by atoms with E-state index in [4.69, 9.17) is 85.3 Å². The highest BCUT2D eigenvalue weighted by Crippen LogP contribution is 2.82. The molecule has 12 fully saturated rings. The van der Waals surface area contributed by atoms with Gasteiger partial charge in [-0.3, -0.25) is 0 Å². The Balaban J connectivity index is 0.678. The van der Waals surface area contributed by atoms with Crippen molar-refractivity contribution in [2.24, 2.45) is 44.3 Å². The quantitative estimate of drug-likeness (QED) is 0.0278. The zero-order chi connectivity index (χ0) is 99.4. The Hall–Kier alpha value is -2.22. The number of hydrogen-bond acceptors (Lipinski definition) is 49. The average molecular weight is 1960 g/mol. The van der Waals surface area contributed by atoms with Gasteiger partial charge in [0, 0.05) is 10.8 Å². The van der Waals surface area contributed by atoms with Crippen LogP contribution in [-0.2, 0) is 85.3 Å². The van der Waals surface area contributed by atoms with Gasteiger partial charge in [0.1, 0.15) is 220 Å². The lowest BCUT2D eigenvalue weighted by atomic mass is 9.29. The maximum Gasteiger partial charge on any atom is 0.187 e. The lowest BCUT2D eigenvalue weighted by Gasteiger charge is -2.75. The summed E-state index contributed by atoms with van der Waals surface area (Å²) in [5, 5.41) is 344. The number of hydrogen-bond donors (Lipinski definition) is 31. The molecule has 4 aliphatic carbocycles. The highest BCUT2D eigenvalue weighted by molar-refractivity contribution is 5.39. The Labute approximate surface area is 777 Å². The van der Waals surface area contributed by atoms with Gasteiger partial charge in [0.05, 0.1) is 83.4 Å². The van der Waals surface area contributed by atoms with E-state index < -0.39 is 392 Å². The maximum absolute atomic E-state index is 13.4. The zero-order valence-electron chi connectivity index (χ0n) is 76.7. The third kappa shape index (κ3) is 19.7. The number of fused-ring (bicyclic) bond motifs is 5. The Morgan fingerprint density at radius 1 is 0.326 bits per heavy atom. The molecule has 31 N–H and O–H groups in total. The van der Waals surface area contributed by atoms with E-state index in [0.717, 1.165) is 5.57 Å². The highest BCUT2D eigenvalue weighted by atomic mass is 16.8. The van der Waals surface area contributed by atoms with Crippen molar-refractivity contribution in [3.8, 4) is 0 Å². The van der Waals surface area contributed by atoms with Gasteiger partial charge >= 0.3 is 0 Å². The summed E-state index contributed by atoms with van der Waals surface area (Å²) in [5.74, 6) is -0.329. The van der Waals surface area contributed by atoms with E-state index in [-0.39, 0.29) is 18.3 Å². The Morgan fingerprint density at radius 3 is 0.919 bits per heavy atom. The standard InChI is InChI=1S/C86H146O49/c1-29(11-12-43(81(4,5)117)128-79-70(135-78-62(115)54(107)67(38(27-94)125-78)131-74-57(110)49(102)46(99)33(22-89)120-74)63(116)69(39(28-95)126-79)134-77-61(114)53(106)66(36(25-92)124-77)130-73-56(109)48(101)45(98)32(21-88)119-73)30-13-17-84(8)83(30,7)19-41(96)86(10)82(6)16-15-42(80(2,3)40(82)14-18-85(84,86)9)127-71-58(111)50(103)64(34(23-90)121-71)132-75-60(113)52(105)68(37(26-93)123-75)133-76-59(112)51(104)65(35(24-91)122-76)129-72-55(108)47(100)44(97)31(20-87)118-72/h14,29-39,41-79,87-117H,11-13,15-28H2,1-10H3/t29-,30?,31-,32-,33-,34-,35-,36-,37-,38-,39-,41?,42+,43-,44-,45-,46-,47+,48+,49+,50-,51-,52-,53-,54-,55-,56-,57-,58-,59-,60-,61-,62-,63+,64-,65-,66-,67-,68-,69-,70-,71?,72?,73?,74?,75?,76?,77?,78?,79?,82-,83-,84-,85+,86+/m1/s1. The molecule has 0 spiro atoms. The molecule has 0 radical (unpaired) electrons. The van der Waals surface area contributed by atoms with E-state index in [2.05, 4.69) is 47.6 Å². The third-order valence-corrected chi connectivity index (χ3v) is 33.0. The number of aliphatic hydroxyl groups excluding tert-OH is 30. The molecule has 0 aromatic rings. The second kappa shape index (κ2) is 43.1. The summed E-state index contributed by atoms with van der Waals surface area (Å²) in [7, 11) is 0. The van der Waals surface area contributed by atoms with Crippen LogP contribution in [0.15, 0.2) is 11.6 Å². The van der Waals surface area contributed by atoms with Gasteiger partial charge in [-0.25, -0.2) is 0 Å². The summed E-state index contributed by atoms with van der Waals surface area (Å²) >= 11 is 0. The molecule has 11 unspecified atom stereocenters. The van der Waals surface area contributed by atoms with Crippen LogP contribution in [0.3, 0.4) is 0 Å². The Bertz CT molecular complexity index is 3790. The van der Waals surface area contributed by atoms with Crippen molar-refractivity contribution < 1.29 is 244 Å². The van der Waals surface area contributed by atoms with E-state index in [1.54, 1.807) is 0 Å². The molecular formula is C86H146O49. The van der Waals surface area contributed by atoms with Gasteiger partial charge in [-0.05, 0) is 98.7 Å². The van der Waals surface area contributed by atoms with Crippen molar-refractivity contribution in [2.45, 2.75) is 421 Å². The number of ether oxygens (including phenoxy) is 18. The van der Waals surface area contributed by atoms with Crippen LogP contribution in [0.25, 0.3) is 0 Å². The van der Waals surface area contributed by atoms with E-state index in [1.165, 1.54) is 13.8 Å². The van der Waals surface area contributed by atoms with Crippen LogP contribution < -0.4 is 0 Å². The van der Waals surface area contributed by atoms with E-state index in [1.807, 2.05) is 13.8 Å². The molecular weight excluding hydrogens is 1820 g/mol. The van der Waals surface area contributed by atoms with Crippen molar-refractivity contribution in [3.63, 3.8) is 0 Å². The second-order valence-corrected chi connectivity index (χ2v) is 41.1. The van der Waals surface area contributed by atoms with Gasteiger partial charge in [-0.1, -0.05) is 67.0 Å². The minimum Gasteiger partial charge on any atom is -0.394 e. The summed E-state index contributed by atoms with van der Waals surface area (Å²) < 4.78 is 107. The molecule has 9 heterocycles. The second-order valence-electron chi connectivity index (χ2n) is 41.1. The first kappa shape index (κ1) is 110. The zero-order valence-corrected chi connectivity index (χ0v) is 76.7. The molecule has 3 saturated carbocycles. The first-order chi connectivity index (χ1) is 63.4. The van der Waals surface area contributed by atoms with Gasteiger partial charge in [-0.2, -0.15) is 0 Å². The Morgan fingerprint density at radius 2 is 0.607 bits per heavy atom. The molecule has 0 aromatic carbocycles. The summed E-state index contributed by atoms with van der Waals surface area (Å²) in [4.78, 5) is 0. The van der Waals surface area contributed by atoms with E-state index >= 15 is 0 Å². The molecule has 0 amide bonds. The lowest BCUT2D eigenvalue weighted by molar-refractivity contribution is -0.404. The molecule has 135 heavy (non-hydrogen) atoms. The van der Waals surface area contributed by atoms with E-state index in [0.29, 0.717) is 44.9 Å². The van der Waals surface area contributed by atoms with Crippen LogP contribution in [0.1, 0.15) is 121 Å². The smallest absolute Gasteiger partial charge is 0.187 e. The summed E-state index contributed by atoms with van der Waals surface area (Å²) in [6.45, 7) is 11.3. The normalized spacial score (nSPS) is 53.1. The van der Waals surface area contributed by atoms with Crippen molar-refractivity contribution in [2.75, 3.05) is 59.5 Å². The van der Waals surface area contributed by atoms with Crippen LogP contribution in [0, 0.1) is 44.3 Å². The number of aliphatic hydroxyl groups is 31. The molecule has 13 rings (SSSR count). The first-order valence-corrected chi connectivity index (χ1v) is 46.4. The molecule has 55 atom stereocenters. The summed E-state index contributed by atoms with van der Waals surface area (Å²) in [5.41, 5.74) is -5.12. The topological polar surface area (TPSA) is 793 Å². The molecule has 0 bridgehead atoms. The van der Waals surface area contributed by atoms with Crippen molar-refractivity contribution in [3.05, 3.63) is 11.6 Å². The minimum atomic E-state index is -2.27. The van der Waals surface area contributed by atoms with Gasteiger partial charge in [-0.15, -0.1) is 0 Å². The van der Waals surface area contributed by atoms with Crippen LogP contribution in [-0.4, -0.2) is 518 Å². The molecule has 49 heteroatoms. The van der Waals surface area contributed by atoms with Gasteiger partial charge in [0.2, 0.25) is 0 Å². The van der Waals surface area contributed by atoms with Crippen LogP contribution in [0.4, 0.5) is 0 Å². The molecule has 9 saturated heterocycles. The molecule has 9 aliphatic heterocycles. The molecule has 784 valence electrons. The van der Waals surface area contributed by atoms with Gasteiger partial charge < -0.3 is 244 Å². The molecule has 49 nitrogen and oxygen atoms in total. The SMILES string of the molecule is C[C@H](CC[C@@H](OC1O[C@H](CO)[C@@H](OC2O[C@H](CO)[C@@H](OC3O[C@H](CO)[C@@H](O)[C@H](O)[C@H]3O)[C@H](O)[C@H]2O)[C@H](O)[C@H]1OC1O[C@H](CO)[C@@H](OC2O[C@H](CO)[C@@H](O)[C@H](O)[C@H]2O)[C@H](O)[C@H]1O)C(C)(C)O)C1CC[C@@]2(C)[C@]3(C)CC=C4C(C)(C)[C@@H](OC5O[C@H](CO)[C@@H](OC6O[C@H](CO)[C@@H](OC7O[C@H](CO)[C@@H](OC8O[C@H](CO)[C@@H](O)[C@H](O)[C@H]8O)[C@H](O)[C@H]7O)[C@H](O)[C@H]6O)[C@H](O)[C@H]5O)CC[C@@]4(C)[C@]3(C)C(O)C[C@]12C. The Kier molecular flexibility index (Phi) is 35.1. The predicted octanol–water partition coefficient (Wildman–Crippen LogP) is -13.3. The third-order valence-electron chi connectivity index (χ3n) is 33.0. The maximum atomic E-state index is 13.4. The fraction of sp³-hybridized carbons (Fsp3) is 0.977. The molecule has 13 aliphatic rings. The average Bonchev–Trinajstić information content (AvgIpc) is 1.62. The van der Waals surface area contributed by atoms with Gasteiger partial charge in [0.25, 0.3) is 0 Å². The number of allylic oxidation sites excluding steroid dienone is 1. The van der Waals surface area contributed by atoms with Crippen molar-refractivity contribution in [1.29, 1.82) is 0 Å². The minimum absolute atomic E-state index is 0.0177. The molecule has 0 aromatic heterocycles. The van der Waals surface area contributed by atoms with E-state index in [9.17, 15) is 158 Å².